The summed E-state index contributed by atoms with van der Waals surface area (Å²) in [6.45, 7) is 4.00. The van der Waals surface area contributed by atoms with E-state index in [-0.39, 0.29) is 5.56 Å². The van der Waals surface area contributed by atoms with E-state index in [4.69, 9.17) is 0 Å². The van der Waals surface area contributed by atoms with Crippen molar-refractivity contribution in [2.24, 2.45) is 0 Å². The van der Waals surface area contributed by atoms with Crippen LogP contribution >= 0.6 is 0 Å². The number of hydrogen-bond acceptors (Lipinski definition) is 1. The lowest BCUT2D eigenvalue weighted by atomic mass is 9.94. The molecule has 0 fully saturated rings. The van der Waals surface area contributed by atoms with Gasteiger partial charge in [-0.3, -0.25) is 13.8 Å². The van der Waals surface area contributed by atoms with Crippen LogP contribution in [0.1, 0.15) is 13.8 Å². The molecule has 0 bridgehead atoms. The zero-order valence-electron chi connectivity index (χ0n) is 22.5. The Morgan fingerprint density at radius 2 is 0.950 bits per heavy atom. The highest BCUT2D eigenvalue weighted by atomic mass is 16.1. The second-order valence-corrected chi connectivity index (χ2v) is 9.71. The molecule has 6 aromatic carbocycles. The van der Waals surface area contributed by atoms with Crippen LogP contribution in [0, 0.1) is 0 Å². The van der Waals surface area contributed by atoms with Gasteiger partial charge < -0.3 is 0 Å². The van der Waals surface area contributed by atoms with Crippen LogP contribution in [0.5, 0.6) is 0 Å². The summed E-state index contributed by atoms with van der Waals surface area (Å²) < 4.78 is 4.21. The van der Waals surface area contributed by atoms with Crippen molar-refractivity contribution in [3.8, 4) is 16.9 Å². The summed E-state index contributed by atoms with van der Waals surface area (Å²) in [5, 5.41) is 7.65. The number of para-hydroxylation sites is 2. The van der Waals surface area contributed by atoms with E-state index in [2.05, 4.69) is 83.3 Å². The number of aromatic nitrogens is 2. The summed E-state index contributed by atoms with van der Waals surface area (Å²) in [7, 11) is 0. The van der Waals surface area contributed by atoms with Crippen LogP contribution < -0.4 is 5.56 Å². The van der Waals surface area contributed by atoms with Crippen molar-refractivity contribution in [3.63, 3.8) is 0 Å². The van der Waals surface area contributed by atoms with Gasteiger partial charge in [-0.15, -0.1) is 0 Å². The van der Waals surface area contributed by atoms with E-state index in [0.717, 1.165) is 44.3 Å². The van der Waals surface area contributed by atoms with Gasteiger partial charge in [-0.1, -0.05) is 123 Å². The lowest BCUT2D eigenvalue weighted by Gasteiger charge is -2.14. The summed E-state index contributed by atoms with van der Waals surface area (Å²) in [5.74, 6) is 0. The minimum atomic E-state index is -0.0180. The maximum absolute atomic E-state index is 14.3. The molecule has 0 unspecified atom stereocenters. The Bertz CT molecular complexity index is 2240. The lowest BCUT2D eigenvalue weighted by Crippen LogP contribution is -2.21. The smallest absolute Gasteiger partial charge is 0.266 e. The summed E-state index contributed by atoms with van der Waals surface area (Å²) in [6.07, 6.45) is 0. The quantitative estimate of drug-likeness (QED) is 0.210. The minimum Gasteiger partial charge on any atom is -0.293 e. The number of benzene rings is 6. The summed E-state index contributed by atoms with van der Waals surface area (Å²) in [5.41, 5.74) is 4.83. The van der Waals surface area contributed by atoms with E-state index in [1.165, 1.54) is 16.2 Å². The molecule has 0 radical (unpaired) electrons. The fourth-order valence-electron chi connectivity index (χ4n) is 6.15. The van der Waals surface area contributed by atoms with Crippen LogP contribution in [0.15, 0.2) is 138 Å². The summed E-state index contributed by atoms with van der Waals surface area (Å²) in [4.78, 5) is 14.3. The molecule has 8 aromatic rings. The molecule has 8 rings (SSSR count). The molecule has 0 spiro atoms. The highest BCUT2D eigenvalue weighted by Crippen LogP contribution is 2.45. The first-order valence-electron chi connectivity index (χ1n) is 13.8. The maximum atomic E-state index is 14.3. The summed E-state index contributed by atoms with van der Waals surface area (Å²) >= 11 is 0. The van der Waals surface area contributed by atoms with E-state index < -0.39 is 0 Å². The molecule has 2 heterocycles. The highest BCUT2D eigenvalue weighted by molar-refractivity contribution is 6.32. The van der Waals surface area contributed by atoms with Crippen LogP contribution in [-0.2, 0) is 0 Å². The van der Waals surface area contributed by atoms with Gasteiger partial charge in [0.05, 0.1) is 22.3 Å². The van der Waals surface area contributed by atoms with Crippen LogP contribution in [0.4, 0.5) is 0 Å². The van der Waals surface area contributed by atoms with Crippen LogP contribution in [0.25, 0.3) is 65.8 Å². The molecule has 0 atom stereocenters. The predicted octanol–water partition coefficient (Wildman–Crippen LogP) is 9.40. The van der Waals surface area contributed by atoms with E-state index >= 15 is 0 Å². The average molecular weight is 517 g/mol. The van der Waals surface area contributed by atoms with E-state index in [0.29, 0.717) is 5.39 Å². The largest absolute Gasteiger partial charge is 0.293 e. The third-order valence-corrected chi connectivity index (χ3v) is 7.68. The molecule has 0 aliphatic heterocycles. The van der Waals surface area contributed by atoms with Crippen molar-refractivity contribution in [2.45, 2.75) is 13.8 Å². The number of hydrogen-bond donors (Lipinski definition) is 0. The van der Waals surface area contributed by atoms with Gasteiger partial charge in [0.25, 0.3) is 5.56 Å². The fraction of sp³-hybridized carbons (Fsp3) is 0.0541. The van der Waals surface area contributed by atoms with Crippen LogP contribution in [-0.4, -0.2) is 8.97 Å². The van der Waals surface area contributed by atoms with Gasteiger partial charge in [-0.05, 0) is 51.4 Å². The summed E-state index contributed by atoms with van der Waals surface area (Å²) in [6, 6.07) is 45.7. The first kappa shape index (κ1) is 23.9. The zero-order valence-corrected chi connectivity index (χ0v) is 22.5. The van der Waals surface area contributed by atoms with Gasteiger partial charge in [0, 0.05) is 10.8 Å². The topological polar surface area (TPSA) is 26.4 Å². The van der Waals surface area contributed by atoms with Gasteiger partial charge in [0.1, 0.15) is 5.65 Å². The standard InChI is InChI=1S/C35H22N2O.C2H6/c38-35-29-21-11-12-22-30(29)37-33(23-13-3-1-4-14-23)31-27-19-9-7-17-25(27)26-18-8-10-20-28(26)32(31)34(37)36(35)24-15-5-2-6-16-24;1-2/h1-22H;1-2H3. The second-order valence-electron chi connectivity index (χ2n) is 9.71. The third-order valence-electron chi connectivity index (χ3n) is 7.68. The molecule has 0 aliphatic carbocycles. The Kier molecular flexibility index (Phi) is 5.71. The molecule has 192 valence electrons. The lowest BCUT2D eigenvalue weighted by molar-refractivity contribution is 1.01. The number of fused-ring (bicyclic) bond motifs is 10. The SMILES string of the molecule is CC.O=c1c2ccccc2n2c(-c3ccccc3)c3c4ccccc4c4ccccc4c3c2n1-c1ccccc1. The van der Waals surface area contributed by atoms with Crippen LogP contribution in [0.2, 0.25) is 0 Å². The fourth-order valence-corrected chi connectivity index (χ4v) is 6.15. The Hall–Kier alpha value is -5.15. The number of nitrogens with zero attached hydrogens (tertiary/aromatic N) is 2. The third kappa shape index (κ3) is 3.34. The molecular weight excluding hydrogens is 488 g/mol. The predicted molar refractivity (Wildman–Crippen MR) is 170 cm³/mol. The molecule has 0 saturated heterocycles. The van der Waals surface area contributed by atoms with E-state index in [9.17, 15) is 4.79 Å². The first-order valence-corrected chi connectivity index (χ1v) is 13.8. The molecule has 3 heteroatoms. The molecule has 0 aliphatic rings. The van der Waals surface area contributed by atoms with Gasteiger partial charge in [-0.2, -0.15) is 0 Å². The Morgan fingerprint density at radius 3 is 1.57 bits per heavy atom. The van der Waals surface area contributed by atoms with Crippen molar-refractivity contribution in [2.75, 3.05) is 0 Å². The normalized spacial score (nSPS) is 11.3. The number of rotatable bonds is 2. The second kappa shape index (κ2) is 9.55. The average Bonchev–Trinajstić information content (AvgIpc) is 3.40. The minimum absolute atomic E-state index is 0.0180. The highest BCUT2D eigenvalue weighted by Gasteiger charge is 2.24. The Morgan fingerprint density at radius 1 is 0.475 bits per heavy atom. The van der Waals surface area contributed by atoms with E-state index in [1.54, 1.807) is 0 Å². The van der Waals surface area contributed by atoms with Gasteiger partial charge in [-0.25, -0.2) is 0 Å². The molecule has 0 amide bonds. The van der Waals surface area contributed by atoms with Crippen molar-refractivity contribution in [1.82, 2.24) is 8.97 Å². The zero-order chi connectivity index (χ0) is 27.2. The molecule has 40 heavy (non-hydrogen) atoms. The van der Waals surface area contributed by atoms with Crippen molar-refractivity contribution in [1.29, 1.82) is 0 Å². The van der Waals surface area contributed by atoms with E-state index in [1.807, 2.05) is 73.0 Å². The molecule has 2 aromatic heterocycles. The molecule has 3 nitrogen and oxygen atoms in total. The Balaban J connectivity index is 0.00000130. The van der Waals surface area contributed by atoms with Crippen molar-refractivity contribution < 1.29 is 0 Å². The van der Waals surface area contributed by atoms with Gasteiger partial charge >= 0.3 is 0 Å². The molecule has 0 saturated carbocycles. The molecule has 0 N–H and O–H groups in total. The monoisotopic (exact) mass is 516 g/mol. The Labute approximate surface area is 232 Å². The van der Waals surface area contributed by atoms with Gasteiger partial charge in [0.15, 0.2) is 0 Å². The maximum Gasteiger partial charge on any atom is 0.266 e. The van der Waals surface area contributed by atoms with Crippen LogP contribution in [0.3, 0.4) is 0 Å². The molecular formula is C37H28N2O. The first-order chi connectivity index (χ1) is 19.8. The van der Waals surface area contributed by atoms with Gasteiger partial charge in [0.2, 0.25) is 0 Å². The van der Waals surface area contributed by atoms with Crippen molar-refractivity contribution in [3.05, 3.63) is 144 Å². The van der Waals surface area contributed by atoms with Crippen molar-refractivity contribution >= 4 is 48.9 Å².